The van der Waals surface area contributed by atoms with Gasteiger partial charge >= 0.3 is 0 Å². The van der Waals surface area contributed by atoms with Crippen molar-refractivity contribution in [3.05, 3.63) is 71.4 Å². The van der Waals surface area contributed by atoms with Gasteiger partial charge in [-0.1, -0.05) is 18.2 Å². The zero-order chi connectivity index (χ0) is 18.1. The number of para-hydroxylation sites is 1. The predicted octanol–water partition coefficient (Wildman–Crippen LogP) is 4.89. The second-order valence-corrected chi connectivity index (χ2v) is 6.33. The Kier molecular flexibility index (Phi) is 4.24. The molecule has 0 unspecified atom stereocenters. The van der Waals surface area contributed by atoms with Gasteiger partial charge in [0.1, 0.15) is 17.5 Å². The van der Waals surface area contributed by atoms with Crippen LogP contribution in [0.5, 0.6) is 0 Å². The highest BCUT2D eigenvalue weighted by Crippen LogP contribution is 2.32. The minimum Gasteiger partial charge on any atom is -0.338 e. The Morgan fingerprint density at radius 2 is 1.88 bits per heavy atom. The van der Waals surface area contributed by atoms with E-state index in [1.807, 2.05) is 19.1 Å². The summed E-state index contributed by atoms with van der Waals surface area (Å²) in [6.45, 7) is 2.69. The third-order valence-electron chi connectivity index (χ3n) is 4.39. The van der Waals surface area contributed by atoms with Gasteiger partial charge < -0.3 is 10.2 Å². The second-order valence-electron chi connectivity index (χ2n) is 6.33. The van der Waals surface area contributed by atoms with Gasteiger partial charge in [0.25, 0.3) is 0 Å². The molecule has 0 amide bonds. The van der Waals surface area contributed by atoms with Gasteiger partial charge in [0.05, 0.1) is 5.69 Å². The monoisotopic (exact) mass is 352 g/mol. The van der Waals surface area contributed by atoms with Crippen LogP contribution in [0.1, 0.15) is 17.7 Å². The summed E-state index contributed by atoms with van der Waals surface area (Å²) in [6.07, 6.45) is 2.05. The number of aromatic nitrogens is 2. The summed E-state index contributed by atoms with van der Waals surface area (Å²) in [5.74, 6) is -0.230. The van der Waals surface area contributed by atoms with Gasteiger partial charge in [-0.05, 0) is 43.5 Å². The SMILES string of the molecule is Cc1cc(Nc2ccc(F)cc2F)nc(N2CCCc3ccccc32)n1. The number of halogens is 2. The van der Waals surface area contributed by atoms with Crippen LogP contribution in [0, 0.1) is 18.6 Å². The van der Waals surface area contributed by atoms with Gasteiger partial charge in [-0.25, -0.2) is 13.8 Å². The lowest BCUT2D eigenvalue weighted by Gasteiger charge is -2.29. The van der Waals surface area contributed by atoms with Crippen molar-refractivity contribution in [3.8, 4) is 0 Å². The highest BCUT2D eigenvalue weighted by molar-refractivity contribution is 5.65. The first kappa shape index (κ1) is 16.4. The molecule has 0 saturated heterocycles. The second kappa shape index (κ2) is 6.71. The van der Waals surface area contributed by atoms with Crippen LogP contribution in [0.25, 0.3) is 0 Å². The fourth-order valence-electron chi connectivity index (χ4n) is 3.21. The maximum Gasteiger partial charge on any atom is 0.232 e. The summed E-state index contributed by atoms with van der Waals surface area (Å²) in [5, 5.41) is 2.92. The van der Waals surface area contributed by atoms with E-state index in [-0.39, 0.29) is 5.69 Å². The Balaban J connectivity index is 1.69. The summed E-state index contributed by atoms with van der Waals surface area (Å²) in [7, 11) is 0. The lowest BCUT2D eigenvalue weighted by atomic mass is 10.0. The molecular weight excluding hydrogens is 334 g/mol. The topological polar surface area (TPSA) is 41.1 Å². The molecule has 3 aromatic rings. The van der Waals surface area contributed by atoms with Crippen LogP contribution in [0.4, 0.5) is 31.9 Å². The Hall–Kier alpha value is -3.02. The van der Waals surface area contributed by atoms with Gasteiger partial charge in [-0.2, -0.15) is 4.98 Å². The molecule has 132 valence electrons. The lowest BCUT2D eigenvalue weighted by Crippen LogP contribution is -2.26. The van der Waals surface area contributed by atoms with Crippen LogP contribution < -0.4 is 10.2 Å². The molecule has 1 N–H and O–H groups in total. The van der Waals surface area contributed by atoms with Crippen molar-refractivity contribution in [2.75, 3.05) is 16.8 Å². The Morgan fingerprint density at radius 1 is 1.04 bits per heavy atom. The molecule has 2 heterocycles. The molecule has 0 saturated carbocycles. The van der Waals surface area contributed by atoms with Gasteiger partial charge in [0.2, 0.25) is 5.95 Å². The van der Waals surface area contributed by atoms with Gasteiger partial charge in [-0.3, -0.25) is 0 Å². The molecule has 0 radical (unpaired) electrons. The van der Waals surface area contributed by atoms with E-state index in [2.05, 4.69) is 32.3 Å². The minimum atomic E-state index is -0.661. The van der Waals surface area contributed by atoms with Crippen LogP contribution in [-0.4, -0.2) is 16.5 Å². The summed E-state index contributed by atoms with van der Waals surface area (Å²) in [6, 6.07) is 13.4. The number of aryl methyl sites for hydroxylation is 2. The smallest absolute Gasteiger partial charge is 0.232 e. The predicted molar refractivity (Wildman–Crippen MR) is 98.2 cm³/mol. The third-order valence-corrected chi connectivity index (χ3v) is 4.39. The molecule has 1 aromatic heterocycles. The molecule has 0 bridgehead atoms. The van der Waals surface area contributed by atoms with Crippen LogP contribution in [0.2, 0.25) is 0 Å². The van der Waals surface area contributed by atoms with E-state index in [0.717, 1.165) is 36.8 Å². The van der Waals surface area contributed by atoms with Crippen LogP contribution in [0.15, 0.2) is 48.5 Å². The van der Waals surface area contributed by atoms with Gasteiger partial charge in [-0.15, -0.1) is 0 Å². The first-order valence-corrected chi connectivity index (χ1v) is 8.53. The zero-order valence-electron chi connectivity index (χ0n) is 14.3. The molecule has 0 aliphatic carbocycles. The van der Waals surface area contributed by atoms with E-state index in [4.69, 9.17) is 0 Å². The molecular formula is C20H18F2N4. The molecule has 4 nitrogen and oxygen atoms in total. The standard InChI is InChI=1S/C20H18F2N4/c1-13-11-19(24-17-9-8-15(21)12-16(17)22)25-20(23-13)26-10-4-6-14-5-2-3-7-18(14)26/h2-3,5,7-9,11-12H,4,6,10H2,1H3,(H,23,24,25). The maximum absolute atomic E-state index is 13.9. The summed E-state index contributed by atoms with van der Waals surface area (Å²) >= 11 is 0. The number of nitrogens with zero attached hydrogens (tertiary/aromatic N) is 3. The number of anilines is 4. The van der Waals surface area contributed by atoms with E-state index in [9.17, 15) is 8.78 Å². The van der Waals surface area contributed by atoms with E-state index in [0.29, 0.717) is 11.8 Å². The summed E-state index contributed by atoms with van der Waals surface area (Å²) < 4.78 is 27.0. The number of hydrogen-bond acceptors (Lipinski definition) is 4. The van der Waals surface area contributed by atoms with Crippen molar-refractivity contribution in [1.82, 2.24) is 9.97 Å². The van der Waals surface area contributed by atoms with E-state index >= 15 is 0 Å². The number of fused-ring (bicyclic) bond motifs is 1. The van der Waals surface area contributed by atoms with Crippen LogP contribution in [-0.2, 0) is 6.42 Å². The van der Waals surface area contributed by atoms with Crippen molar-refractivity contribution < 1.29 is 8.78 Å². The van der Waals surface area contributed by atoms with Crippen molar-refractivity contribution in [1.29, 1.82) is 0 Å². The molecule has 26 heavy (non-hydrogen) atoms. The quantitative estimate of drug-likeness (QED) is 0.729. The maximum atomic E-state index is 13.9. The third kappa shape index (κ3) is 3.22. The Morgan fingerprint density at radius 3 is 2.73 bits per heavy atom. The summed E-state index contributed by atoms with van der Waals surface area (Å²) in [5.41, 5.74) is 3.31. The lowest BCUT2D eigenvalue weighted by molar-refractivity contribution is 0.586. The van der Waals surface area contributed by atoms with E-state index < -0.39 is 11.6 Å². The Labute approximate surface area is 150 Å². The highest BCUT2D eigenvalue weighted by atomic mass is 19.1. The fraction of sp³-hybridized carbons (Fsp3) is 0.200. The van der Waals surface area contributed by atoms with Crippen molar-refractivity contribution in [3.63, 3.8) is 0 Å². The van der Waals surface area contributed by atoms with Crippen molar-refractivity contribution in [2.24, 2.45) is 0 Å². The number of hydrogen-bond donors (Lipinski definition) is 1. The van der Waals surface area contributed by atoms with Crippen molar-refractivity contribution in [2.45, 2.75) is 19.8 Å². The minimum absolute atomic E-state index is 0.175. The zero-order valence-corrected chi connectivity index (χ0v) is 14.3. The molecule has 0 atom stereocenters. The molecule has 1 aliphatic rings. The van der Waals surface area contributed by atoms with Crippen LogP contribution >= 0.6 is 0 Å². The fourth-order valence-corrected chi connectivity index (χ4v) is 3.21. The average Bonchev–Trinajstić information content (AvgIpc) is 2.63. The number of nitrogens with one attached hydrogen (secondary N) is 1. The first-order chi connectivity index (χ1) is 12.6. The van der Waals surface area contributed by atoms with Crippen molar-refractivity contribution >= 4 is 23.1 Å². The van der Waals surface area contributed by atoms with E-state index in [1.54, 1.807) is 6.07 Å². The van der Waals surface area contributed by atoms with Gasteiger partial charge in [0, 0.05) is 30.1 Å². The molecule has 6 heteroatoms. The number of benzene rings is 2. The molecule has 0 spiro atoms. The van der Waals surface area contributed by atoms with Crippen LogP contribution in [0.3, 0.4) is 0 Å². The molecule has 2 aromatic carbocycles. The molecule has 4 rings (SSSR count). The normalized spacial score (nSPS) is 13.4. The average molecular weight is 352 g/mol. The first-order valence-electron chi connectivity index (χ1n) is 8.53. The Bertz CT molecular complexity index is 958. The van der Waals surface area contributed by atoms with Gasteiger partial charge in [0.15, 0.2) is 0 Å². The molecule has 0 fully saturated rings. The molecule has 1 aliphatic heterocycles. The number of rotatable bonds is 3. The highest BCUT2D eigenvalue weighted by Gasteiger charge is 2.20. The largest absolute Gasteiger partial charge is 0.338 e. The summed E-state index contributed by atoms with van der Waals surface area (Å²) in [4.78, 5) is 11.2. The van der Waals surface area contributed by atoms with E-state index in [1.165, 1.54) is 17.7 Å².